The molecule has 0 unspecified atom stereocenters. The first-order chi connectivity index (χ1) is 18.4. The first kappa shape index (κ1) is 23.4. The van der Waals surface area contributed by atoms with Crippen LogP contribution in [-0.2, 0) is 4.74 Å². The highest BCUT2D eigenvalue weighted by Crippen LogP contribution is 2.67. The van der Waals surface area contributed by atoms with Gasteiger partial charge in [0.25, 0.3) is 0 Å². The summed E-state index contributed by atoms with van der Waals surface area (Å²) in [5.41, 5.74) is -1.76. The third kappa shape index (κ3) is 2.74. The molecule has 2 spiro atoms. The predicted octanol–water partition coefficient (Wildman–Crippen LogP) is 6.03. The minimum absolute atomic E-state index is 0.243. The molecule has 4 aromatic rings. The Balaban J connectivity index is 1.59. The van der Waals surface area contributed by atoms with Gasteiger partial charge in [-0.25, -0.2) is 0 Å². The first-order valence-corrected chi connectivity index (χ1v) is 13.4. The number of carbonyl (C=O) groups excluding carboxylic acids is 4. The fourth-order valence-corrected chi connectivity index (χ4v) is 6.97. The number of carbonyl (C=O) groups is 4. The third-order valence-electron chi connectivity index (χ3n) is 8.14. The number of rotatable bonds is 2. The average Bonchev–Trinajstić information content (AvgIpc) is 3.48. The Morgan fingerprint density at radius 1 is 0.526 bits per heavy atom. The molecular weight excluding hydrogens is 591 g/mol. The summed E-state index contributed by atoms with van der Waals surface area (Å²) in [7, 11) is 0. The van der Waals surface area contributed by atoms with E-state index in [1.807, 2.05) is 18.2 Å². The molecule has 38 heavy (non-hydrogen) atoms. The molecule has 1 fully saturated rings. The van der Waals surface area contributed by atoms with Crippen LogP contribution in [0.4, 0.5) is 0 Å². The summed E-state index contributed by atoms with van der Waals surface area (Å²) in [6.07, 6.45) is -1.15. The van der Waals surface area contributed by atoms with E-state index in [9.17, 15) is 19.2 Å². The summed E-state index contributed by atoms with van der Waals surface area (Å²) >= 11 is 2.17. The maximum Gasteiger partial charge on any atom is 0.204 e. The number of benzene rings is 4. The molecule has 0 bridgehead atoms. The third-order valence-corrected chi connectivity index (χ3v) is 8.86. The minimum Gasteiger partial charge on any atom is -0.348 e. The van der Waals surface area contributed by atoms with E-state index >= 15 is 0 Å². The van der Waals surface area contributed by atoms with Crippen molar-refractivity contribution < 1.29 is 23.9 Å². The van der Waals surface area contributed by atoms with Gasteiger partial charge < -0.3 is 4.74 Å². The lowest BCUT2D eigenvalue weighted by atomic mass is 9.60. The van der Waals surface area contributed by atoms with Gasteiger partial charge in [-0.3, -0.25) is 19.2 Å². The molecule has 0 saturated carbocycles. The molecule has 0 N–H and O–H groups in total. The number of fused-ring (bicyclic) bond motifs is 2. The molecule has 2 atom stereocenters. The molecule has 4 aromatic carbocycles. The van der Waals surface area contributed by atoms with Crippen molar-refractivity contribution in [2.24, 2.45) is 5.41 Å². The molecule has 184 valence electrons. The van der Waals surface area contributed by atoms with Gasteiger partial charge in [0.1, 0.15) is 11.5 Å². The number of halogens is 1. The zero-order chi connectivity index (χ0) is 26.2. The van der Waals surface area contributed by atoms with Gasteiger partial charge in [0.15, 0.2) is 11.6 Å². The van der Waals surface area contributed by atoms with Crippen LogP contribution in [0.1, 0.15) is 64.6 Å². The topological polar surface area (TPSA) is 77.5 Å². The monoisotopic (exact) mass is 610 g/mol. The zero-order valence-corrected chi connectivity index (χ0v) is 22.0. The lowest BCUT2D eigenvalue weighted by Gasteiger charge is -2.34. The van der Waals surface area contributed by atoms with Crippen LogP contribution in [0, 0.1) is 8.99 Å². The summed E-state index contributed by atoms with van der Waals surface area (Å²) in [6.45, 7) is 0. The molecule has 1 heterocycles. The first-order valence-electron chi connectivity index (χ1n) is 12.3. The second-order valence-corrected chi connectivity index (χ2v) is 11.2. The van der Waals surface area contributed by atoms with Crippen LogP contribution in [0.25, 0.3) is 0 Å². The van der Waals surface area contributed by atoms with Crippen molar-refractivity contribution >= 4 is 45.7 Å². The van der Waals surface area contributed by atoms with E-state index < -0.39 is 46.2 Å². The number of Topliss-reactive ketones (excluding diaryl/α,β-unsaturated/α-hetero) is 4. The number of hydrogen-bond donors (Lipinski definition) is 0. The molecule has 6 heteroatoms. The highest BCUT2D eigenvalue weighted by atomic mass is 127. The van der Waals surface area contributed by atoms with Gasteiger partial charge in [0.05, 0.1) is 5.92 Å². The van der Waals surface area contributed by atoms with Gasteiger partial charge in [-0.05, 0) is 45.9 Å². The standard InChI is InChI=1S/C32H19IO5/c33-20-16-14-18(15-17-20)25-31(26(34)21-10-4-5-11-22(21)27(31)35)30(19-8-2-1-3-9-19)38-32(25)28(36)23-12-6-7-13-24(23)29(32)37/h1-17,25,30H/t25-,30+/m1/s1. The van der Waals surface area contributed by atoms with E-state index in [0.717, 1.165) is 3.57 Å². The Labute approximate surface area is 232 Å². The Kier molecular flexibility index (Phi) is 5.00. The van der Waals surface area contributed by atoms with Gasteiger partial charge in [-0.15, -0.1) is 0 Å². The number of ketones is 4. The van der Waals surface area contributed by atoms with Gasteiger partial charge >= 0.3 is 0 Å². The Morgan fingerprint density at radius 3 is 1.47 bits per heavy atom. The van der Waals surface area contributed by atoms with E-state index in [1.54, 1.807) is 84.9 Å². The van der Waals surface area contributed by atoms with Crippen molar-refractivity contribution in [3.05, 3.63) is 140 Å². The molecule has 2 aliphatic carbocycles. The fraction of sp³-hybridized carbons (Fsp3) is 0.125. The van der Waals surface area contributed by atoms with Crippen molar-refractivity contribution in [3.8, 4) is 0 Å². The molecule has 3 aliphatic rings. The van der Waals surface area contributed by atoms with E-state index in [4.69, 9.17) is 4.74 Å². The van der Waals surface area contributed by atoms with E-state index in [2.05, 4.69) is 22.6 Å². The molecular formula is C32H19IO5. The highest BCUT2D eigenvalue weighted by molar-refractivity contribution is 14.1. The smallest absolute Gasteiger partial charge is 0.204 e. The predicted molar refractivity (Wildman–Crippen MR) is 148 cm³/mol. The van der Waals surface area contributed by atoms with Crippen molar-refractivity contribution in [3.63, 3.8) is 0 Å². The maximum absolute atomic E-state index is 14.6. The van der Waals surface area contributed by atoms with Gasteiger partial charge in [-0.1, -0.05) is 91.0 Å². The fourth-order valence-electron chi connectivity index (χ4n) is 6.61. The maximum atomic E-state index is 14.6. The summed E-state index contributed by atoms with van der Waals surface area (Å²) < 4.78 is 7.61. The van der Waals surface area contributed by atoms with Crippen LogP contribution in [0.5, 0.6) is 0 Å². The summed E-state index contributed by atoms with van der Waals surface area (Å²) in [6, 6.07) is 29.5. The van der Waals surface area contributed by atoms with Crippen molar-refractivity contribution in [1.82, 2.24) is 0 Å². The van der Waals surface area contributed by atoms with Gasteiger partial charge in [-0.2, -0.15) is 0 Å². The molecule has 5 nitrogen and oxygen atoms in total. The average molecular weight is 610 g/mol. The molecule has 1 aliphatic heterocycles. The molecule has 0 radical (unpaired) electrons. The lowest BCUT2D eigenvalue weighted by molar-refractivity contribution is -0.0210. The van der Waals surface area contributed by atoms with Crippen molar-refractivity contribution in [1.29, 1.82) is 0 Å². The van der Waals surface area contributed by atoms with E-state index in [0.29, 0.717) is 11.1 Å². The second kappa shape index (κ2) is 8.12. The highest BCUT2D eigenvalue weighted by Gasteiger charge is 2.79. The minimum atomic E-state index is -2.07. The van der Waals surface area contributed by atoms with E-state index in [1.165, 1.54) is 0 Å². The van der Waals surface area contributed by atoms with Crippen LogP contribution in [0.3, 0.4) is 0 Å². The summed E-state index contributed by atoms with van der Waals surface area (Å²) in [5.74, 6) is -3.06. The van der Waals surface area contributed by atoms with Crippen LogP contribution in [0.15, 0.2) is 103 Å². The van der Waals surface area contributed by atoms with Gasteiger partial charge in [0.2, 0.25) is 17.2 Å². The van der Waals surface area contributed by atoms with Crippen LogP contribution in [-0.4, -0.2) is 28.7 Å². The van der Waals surface area contributed by atoms with Crippen LogP contribution >= 0.6 is 22.6 Å². The van der Waals surface area contributed by atoms with Crippen LogP contribution < -0.4 is 0 Å². The number of hydrogen-bond acceptors (Lipinski definition) is 5. The SMILES string of the molecule is O=C1c2ccccc2C(=O)C12O[C@@H](c1ccccc1)C1(C(=O)c3ccccc3C1=O)[C@H]2c1ccc(I)cc1. The normalized spacial score (nSPS) is 22.3. The summed E-state index contributed by atoms with van der Waals surface area (Å²) in [4.78, 5) is 57.8. The molecule has 1 saturated heterocycles. The molecule has 0 aromatic heterocycles. The Morgan fingerprint density at radius 2 is 0.974 bits per heavy atom. The van der Waals surface area contributed by atoms with Gasteiger partial charge in [0, 0.05) is 25.8 Å². The number of ether oxygens (including phenoxy) is 1. The van der Waals surface area contributed by atoms with Crippen molar-refractivity contribution in [2.75, 3.05) is 0 Å². The van der Waals surface area contributed by atoms with E-state index in [-0.39, 0.29) is 22.3 Å². The second-order valence-electron chi connectivity index (χ2n) is 9.91. The quantitative estimate of drug-likeness (QED) is 0.205. The zero-order valence-electron chi connectivity index (χ0n) is 19.9. The van der Waals surface area contributed by atoms with Crippen molar-refractivity contribution in [2.45, 2.75) is 17.6 Å². The Bertz CT molecular complexity index is 1620. The Hall–Kier alpha value is -3.75. The molecule has 7 rings (SSSR count). The largest absolute Gasteiger partial charge is 0.348 e. The lowest BCUT2D eigenvalue weighted by Crippen LogP contribution is -2.51. The molecule has 0 amide bonds. The van der Waals surface area contributed by atoms with Crippen LogP contribution in [0.2, 0.25) is 0 Å². The summed E-state index contributed by atoms with van der Waals surface area (Å²) in [5, 5.41) is 0.